The fraction of sp³-hybridized carbons (Fsp3) is 0. The van der Waals surface area contributed by atoms with E-state index in [9.17, 15) is 0 Å². The van der Waals surface area contributed by atoms with Gasteiger partial charge in [-0.2, -0.15) is 0 Å². The Bertz CT molecular complexity index is 589. The maximum Gasteiger partial charge on any atom is 0.129 e. The summed E-state index contributed by atoms with van der Waals surface area (Å²) in [4.78, 5) is 3.75. The topological polar surface area (TPSA) is 12.9 Å². The fourth-order valence-electron chi connectivity index (χ4n) is 1.06. The van der Waals surface area contributed by atoms with Crippen LogP contribution >= 0.6 is 27.5 Å². The van der Waals surface area contributed by atoms with Crippen LogP contribution in [0.25, 0.3) is 11.1 Å². The Labute approximate surface area is 100 Å². The summed E-state index contributed by atoms with van der Waals surface area (Å²) in [5.74, 6) is 0. The molecular weight excluding hydrogens is 261 g/mol. The molecule has 0 aliphatic rings. The largest absolute Gasteiger partial charge is 0.244 e. The minimum atomic E-state index is -0.155. The normalized spacial score (nSPS) is 13.1. The number of rotatable bonds is 1. The molecule has 70 valence electrons. The molecule has 0 unspecified atom stereocenters. The molecule has 0 aliphatic carbocycles. The minimum absolute atomic E-state index is 0.0758. The summed E-state index contributed by atoms with van der Waals surface area (Å²) in [5.41, 5.74) is 0.993. The molecule has 0 bridgehead atoms. The van der Waals surface area contributed by atoms with E-state index < -0.39 is 0 Å². The van der Waals surface area contributed by atoms with Gasteiger partial charge in [0.2, 0.25) is 0 Å². The number of hydrogen-bond acceptors (Lipinski definition) is 1. The summed E-state index contributed by atoms with van der Waals surface area (Å²) in [6, 6.07) is 6.97. The van der Waals surface area contributed by atoms with Crippen molar-refractivity contribution in [2.45, 2.75) is 0 Å². The summed E-state index contributed by atoms with van der Waals surface area (Å²) in [6.07, 6.45) is -0.0888. The van der Waals surface area contributed by atoms with Gasteiger partial charge in [0.25, 0.3) is 0 Å². The molecule has 3 heteroatoms. The molecule has 1 heterocycles. The van der Waals surface area contributed by atoms with Gasteiger partial charge in [-0.25, -0.2) is 4.98 Å². The molecular formula is C11H7BrClN. The minimum Gasteiger partial charge on any atom is -0.244 e. The number of nitrogens with zero attached hydrogens (tertiary/aromatic N) is 1. The summed E-state index contributed by atoms with van der Waals surface area (Å²) in [6.45, 7) is 0. The predicted octanol–water partition coefficient (Wildman–Crippen LogP) is 4.16. The van der Waals surface area contributed by atoms with E-state index in [-0.39, 0.29) is 23.4 Å². The van der Waals surface area contributed by atoms with Gasteiger partial charge in [-0.05, 0) is 29.8 Å². The van der Waals surface area contributed by atoms with E-state index in [1.54, 1.807) is 18.2 Å². The monoisotopic (exact) mass is 270 g/mol. The van der Waals surface area contributed by atoms with Gasteiger partial charge in [-0.15, -0.1) is 0 Å². The number of hydrogen-bond donors (Lipinski definition) is 0. The van der Waals surface area contributed by atoms with E-state index in [0.29, 0.717) is 11.1 Å². The highest BCUT2D eigenvalue weighted by Crippen LogP contribution is 2.22. The summed E-state index contributed by atoms with van der Waals surface area (Å²) >= 11 is 8.99. The molecule has 0 N–H and O–H groups in total. The lowest BCUT2D eigenvalue weighted by molar-refractivity contribution is 1.33. The first-order chi connectivity index (χ1) is 8.00. The molecule has 1 aromatic heterocycles. The lowest BCUT2D eigenvalue weighted by Crippen LogP contribution is -1.79. The van der Waals surface area contributed by atoms with Crippen LogP contribution in [0.3, 0.4) is 0 Å². The average molecular weight is 272 g/mol. The smallest absolute Gasteiger partial charge is 0.129 e. The van der Waals surface area contributed by atoms with Crippen molar-refractivity contribution >= 4 is 27.5 Å². The molecule has 14 heavy (non-hydrogen) atoms. The van der Waals surface area contributed by atoms with Crippen molar-refractivity contribution in [3.05, 3.63) is 52.1 Å². The summed E-state index contributed by atoms with van der Waals surface area (Å²) < 4.78 is 24.0. The van der Waals surface area contributed by atoms with Crippen LogP contribution in [-0.4, -0.2) is 4.98 Å². The molecule has 0 aliphatic heterocycles. The molecule has 0 saturated carbocycles. The molecule has 0 amide bonds. The highest BCUT2D eigenvalue weighted by atomic mass is 79.9. The van der Waals surface area contributed by atoms with Crippen LogP contribution in [0.5, 0.6) is 0 Å². The van der Waals surface area contributed by atoms with Gasteiger partial charge in [0.15, 0.2) is 0 Å². The first kappa shape index (κ1) is 6.59. The molecule has 0 saturated heterocycles. The number of aromatic nitrogens is 1. The third-order valence-corrected chi connectivity index (χ3v) is 2.34. The molecule has 1 aromatic carbocycles. The fourth-order valence-corrected chi connectivity index (χ4v) is 1.54. The Morgan fingerprint density at radius 3 is 2.93 bits per heavy atom. The second-order valence-corrected chi connectivity index (χ2v) is 3.92. The SMILES string of the molecule is [2H]c1nc(Cl)c([2H])c([2H])c1-c1cccc(Br)c1. The molecule has 0 spiro atoms. The van der Waals surface area contributed by atoms with Crippen molar-refractivity contribution in [1.82, 2.24) is 4.98 Å². The van der Waals surface area contributed by atoms with Gasteiger partial charge < -0.3 is 0 Å². The van der Waals surface area contributed by atoms with Crippen molar-refractivity contribution in [2.24, 2.45) is 0 Å². The maximum atomic E-state index is 7.84. The standard InChI is InChI=1S/C11H7BrClN/c12-10-3-1-2-8(6-10)9-4-5-11(13)14-7-9/h1-7H/i4D,5D,7D. The van der Waals surface area contributed by atoms with Crippen molar-refractivity contribution in [3.8, 4) is 11.1 Å². The van der Waals surface area contributed by atoms with Crippen LogP contribution in [0.2, 0.25) is 5.15 Å². The first-order valence-electron chi connectivity index (χ1n) is 5.40. The van der Waals surface area contributed by atoms with Crippen LogP contribution < -0.4 is 0 Å². The highest BCUT2D eigenvalue weighted by Gasteiger charge is 1.98. The number of benzene rings is 1. The third kappa shape index (κ3) is 2.14. The van der Waals surface area contributed by atoms with E-state index in [4.69, 9.17) is 15.7 Å². The average Bonchev–Trinajstić information content (AvgIpc) is 2.26. The van der Waals surface area contributed by atoms with Crippen molar-refractivity contribution in [2.75, 3.05) is 0 Å². The van der Waals surface area contributed by atoms with E-state index in [0.717, 1.165) is 4.47 Å². The Hall–Kier alpha value is -0.860. The van der Waals surface area contributed by atoms with Gasteiger partial charge in [0, 0.05) is 16.2 Å². The Morgan fingerprint density at radius 2 is 2.14 bits per heavy atom. The van der Waals surface area contributed by atoms with Crippen LogP contribution in [0.15, 0.2) is 47.0 Å². The number of pyridine rings is 1. The molecule has 0 radical (unpaired) electrons. The van der Waals surface area contributed by atoms with Crippen LogP contribution in [0, 0.1) is 0 Å². The van der Waals surface area contributed by atoms with E-state index >= 15 is 0 Å². The highest BCUT2D eigenvalue weighted by molar-refractivity contribution is 9.10. The van der Waals surface area contributed by atoms with Gasteiger partial charge in [0.05, 0.1) is 4.11 Å². The molecule has 2 rings (SSSR count). The first-order valence-corrected chi connectivity index (χ1v) is 5.07. The lowest BCUT2D eigenvalue weighted by Gasteiger charge is -2.01. The molecule has 1 nitrogen and oxygen atoms in total. The predicted molar refractivity (Wildman–Crippen MR) is 62.4 cm³/mol. The Morgan fingerprint density at radius 1 is 1.29 bits per heavy atom. The molecule has 2 aromatic rings. The molecule has 0 atom stereocenters. The zero-order valence-electron chi connectivity index (χ0n) is 10.0. The summed E-state index contributed by atoms with van der Waals surface area (Å²) in [7, 11) is 0. The van der Waals surface area contributed by atoms with E-state index in [1.807, 2.05) is 6.07 Å². The quantitative estimate of drug-likeness (QED) is 0.710. The van der Waals surface area contributed by atoms with Gasteiger partial charge in [-0.3, -0.25) is 0 Å². The van der Waals surface area contributed by atoms with Gasteiger partial charge >= 0.3 is 0 Å². The zero-order valence-corrected chi connectivity index (χ0v) is 9.35. The van der Waals surface area contributed by atoms with Crippen molar-refractivity contribution in [3.63, 3.8) is 0 Å². The van der Waals surface area contributed by atoms with Crippen LogP contribution in [0.1, 0.15) is 4.11 Å². The second-order valence-electron chi connectivity index (χ2n) is 2.65. The molecule has 0 fully saturated rings. The zero-order chi connectivity index (χ0) is 12.6. The van der Waals surface area contributed by atoms with Gasteiger partial charge in [0.1, 0.15) is 5.15 Å². The third-order valence-electron chi connectivity index (χ3n) is 1.67. The Balaban J connectivity index is 2.72. The maximum absolute atomic E-state index is 7.84. The number of halogens is 2. The second kappa shape index (κ2) is 4.11. The van der Waals surface area contributed by atoms with Crippen LogP contribution in [0.4, 0.5) is 0 Å². The van der Waals surface area contributed by atoms with E-state index in [1.165, 1.54) is 0 Å². The lowest BCUT2D eigenvalue weighted by atomic mass is 10.1. The van der Waals surface area contributed by atoms with Crippen LogP contribution in [-0.2, 0) is 0 Å². The summed E-state index contributed by atoms with van der Waals surface area (Å²) in [5, 5.41) is -0.112. The van der Waals surface area contributed by atoms with E-state index in [2.05, 4.69) is 20.9 Å². The Kier molecular flexibility index (Phi) is 1.94. The van der Waals surface area contributed by atoms with Gasteiger partial charge in [-0.1, -0.05) is 39.7 Å². The van der Waals surface area contributed by atoms with Crippen molar-refractivity contribution < 1.29 is 4.11 Å². The van der Waals surface area contributed by atoms with Crippen molar-refractivity contribution in [1.29, 1.82) is 0 Å².